The summed E-state index contributed by atoms with van der Waals surface area (Å²) in [6.45, 7) is 1.43. The summed E-state index contributed by atoms with van der Waals surface area (Å²) < 4.78 is 0. The van der Waals surface area contributed by atoms with Gasteiger partial charge in [-0.2, -0.15) is 5.10 Å². The van der Waals surface area contributed by atoms with E-state index in [1.807, 2.05) is 0 Å². The lowest BCUT2D eigenvalue weighted by molar-refractivity contribution is -0.130. The van der Waals surface area contributed by atoms with Crippen molar-refractivity contribution in [3.8, 4) is 17.2 Å². The Balaban J connectivity index is 1.96. The van der Waals surface area contributed by atoms with Gasteiger partial charge in [-0.15, -0.1) is 0 Å². The zero-order valence-electron chi connectivity index (χ0n) is 12.5. The highest BCUT2D eigenvalue weighted by molar-refractivity contribution is 6.03. The van der Waals surface area contributed by atoms with E-state index in [-0.39, 0.29) is 29.2 Å². The van der Waals surface area contributed by atoms with Crippen LogP contribution in [0.1, 0.15) is 30.5 Å². The monoisotopic (exact) mass is 312 g/mol. The summed E-state index contributed by atoms with van der Waals surface area (Å²) in [5.74, 6) is -0.182. The fourth-order valence-corrected chi connectivity index (χ4v) is 2.69. The van der Waals surface area contributed by atoms with E-state index in [1.54, 1.807) is 24.3 Å². The Labute approximate surface area is 132 Å². The maximum atomic E-state index is 11.9. The highest BCUT2D eigenvalue weighted by Gasteiger charge is 2.31. The van der Waals surface area contributed by atoms with Gasteiger partial charge in [0, 0.05) is 25.0 Å². The van der Waals surface area contributed by atoms with E-state index in [0.29, 0.717) is 17.7 Å². The van der Waals surface area contributed by atoms with Crippen molar-refractivity contribution in [3.63, 3.8) is 0 Å². The lowest BCUT2D eigenvalue weighted by Gasteiger charge is -2.20. The standard InChI is InChI=1S/C17H16N2O4/c1-10(20)19-17(11-2-4-13(21)5-3-11)9-16(18-19)12-6-14(22)8-15(23)7-12/h2-8,17,21-23H,9H2,1H3. The predicted molar refractivity (Wildman–Crippen MR) is 84.3 cm³/mol. The van der Waals surface area contributed by atoms with Crippen LogP contribution in [-0.4, -0.2) is 31.9 Å². The SMILES string of the molecule is CC(=O)N1N=C(c2cc(O)cc(O)c2)CC1c1ccc(O)cc1. The molecule has 6 heteroatoms. The first kappa shape index (κ1) is 14.9. The molecule has 0 fully saturated rings. The highest BCUT2D eigenvalue weighted by Crippen LogP contribution is 2.34. The Morgan fingerprint density at radius 1 is 1.04 bits per heavy atom. The number of nitrogens with zero attached hydrogens (tertiary/aromatic N) is 2. The molecule has 1 unspecified atom stereocenters. The maximum absolute atomic E-state index is 11.9. The average molecular weight is 312 g/mol. The van der Waals surface area contributed by atoms with E-state index in [9.17, 15) is 20.1 Å². The maximum Gasteiger partial charge on any atom is 0.240 e. The van der Waals surface area contributed by atoms with Crippen LogP contribution < -0.4 is 0 Å². The van der Waals surface area contributed by atoms with Crippen molar-refractivity contribution in [2.24, 2.45) is 5.10 Å². The summed E-state index contributed by atoms with van der Waals surface area (Å²) in [5, 5.41) is 34.4. The third-order valence-corrected chi connectivity index (χ3v) is 3.75. The van der Waals surface area contributed by atoms with Crippen molar-refractivity contribution in [3.05, 3.63) is 53.6 Å². The fourth-order valence-electron chi connectivity index (χ4n) is 2.69. The highest BCUT2D eigenvalue weighted by atomic mass is 16.3. The molecule has 2 aromatic rings. The third kappa shape index (κ3) is 2.96. The van der Waals surface area contributed by atoms with E-state index in [4.69, 9.17) is 0 Å². The van der Waals surface area contributed by atoms with Gasteiger partial charge in [0.25, 0.3) is 0 Å². The van der Waals surface area contributed by atoms with Crippen LogP contribution in [0.3, 0.4) is 0 Å². The summed E-state index contributed by atoms with van der Waals surface area (Å²) in [7, 11) is 0. The molecular formula is C17H16N2O4. The van der Waals surface area contributed by atoms with E-state index in [1.165, 1.54) is 30.1 Å². The molecular weight excluding hydrogens is 296 g/mol. The van der Waals surface area contributed by atoms with E-state index >= 15 is 0 Å². The van der Waals surface area contributed by atoms with Crippen LogP contribution in [0.5, 0.6) is 17.2 Å². The van der Waals surface area contributed by atoms with Gasteiger partial charge in [0.05, 0.1) is 11.8 Å². The molecule has 0 saturated heterocycles. The van der Waals surface area contributed by atoms with Gasteiger partial charge in [-0.05, 0) is 29.8 Å². The number of carbonyl (C=O) groups excluding carboxylic acids is 1. The molecule has 118 valence electrons. The molecule has 0 saturated carbocycles. The number of benzene rings is 2. The Morgan fingerprint density at radius 3 is 2.22 bits per heavy atom. The van der Waals surface area contributed by atoms with Crippen molar-refractivity contribution in [1.82, 2.24) is 5.01 Å². The summed E-state index contributed by atoms with van der Waals surface area (Å²) >= 11 is 0. The van der Waals surface area contributed by atoms with Crippen molar-refractivity contribution in [1.29, 1.82) is 0 Å². The fraction of sp³-hybridized carbons (Fsp3) is 0.176. The normalized spacial score (nSPS) is 17.2. The van der Waals surface area contributed by atoms with Crippen molar-refractivity contribution >= 4 is 11.6 Å². The van der Waals surface area contributed by atoms with Crippen LogP contribution in [0.15, 0.2) is 47.6 Å². The van der Waals surface area contributed by atoms with E-state index in [0.717, 1.165) is 5.56 Å². The molecule has 23 heavy (non-hydrogen) atoms. The molecule has 3 rings (SSSR count). The van der Waals surface area contributed by atoms with Crippen LogP contribution in [0.2, 0.25) is 0 Å². The van der Waals surface area contributed by atoms with Crippen LogP contribution in [0.4, 0.5) is 0 Å². The third-order valence-electron chi connectivity index (χ3n) is 3.75. The van der Waals surface area contributed by atoms with Crippen LogP contribution in [0, 0.1) is 0 Å². The van der Waals surface area contributed by atoms with Crippen LogP contribution in [0.25, 0.3) is 0 Å². The number of phenolic OH excluding ortho intramolecular Hbond substituents is 3. The first-order valence-corrected chi connectivity index (χ1v) is 7.13. The van der Waals surface area contributed by atoms with Crippen molar-refractivity contribution in [2.45, 2.75) is 19.4 Å². The van der Waals surface area contributed by atoms with Gasteiger partial charge in [0.2, 0.25) is 5.91 Å². The second kappa shape index (κ2) is 5.64. The minimum Gasteiger partial charge on any atom is -0.508 e. The van der Waals surface area contributed by atoms with Crippen molar-refractivity contribution < 1.29 is 20.1 Å². The van der Waals surface area contributed by atoms with Crippen molar-refractivity contribution in [2.75, 3.05) is 0 Å². The molecule has 2 aromatic carbocycles. The van der Waals surface area contributed by atoms with Gasteiger partial charge in [0.15, 0.2) is 0 Å². The largest absolute Gasteiger partial charge is 0.508 e. The molecule has 0 aliphatic carbocycles. The molecule has 1 amide bonds. The smallest absolute Gasteiger partial charge is 0.240 e. The van der Waals surface area contributed by atoms with Gasteiger partial charge in [-0.1, -0.05) is 12.1 Å². The number of amides is 1. The average Bonchev–Trinajstić information content (AvgIpc) is 2.92. The lowest BCUT2D eigenvalue weighted by atomic mass is 9.98. The zero-order valence-corrected chi connectivity index (χ0v) is 12.5. The molecule has 6 nitrogen and oxygen atoms in total. The number of aromatic hydroxyl groups is 3. The summed E-state index contributed by atoms with van der Waals surface area (Å²) in [6, 6.07) is 10.6. The van der Waals surface area contributed by atoms with E-state index < -0.39 is 0 Å². The van der Waals surface area contributed by atoms with Crippen LogP contribution >= 0.6 is 0 Å². The zero-order chi connectivity index (χ0) is 16.6. The quantitative estimate of drug-likeness (QED) is 0.794. The Hall–Kier alpha value is -3.02. The summed E-state index contributed by atoms with van der Waals surface area (Å²) in [6.07, 6.45) is 0.452. The molecule has 1 atom stereocenters. The van der Waals surface area contributed by atoms with Gasteiger partial charge >= 0.3 is 0 Å². The molecule has 0 bridgehead atoms. The van der Waals surface area contributed by atoms with Crippen LogP contribution in [-0.2, 0) is 4.79 Å². The number of hydrazone groups is 1. The number of hydrogen-bond acceptors (Lipinski definition) is 5. The molecule has 1 heterocycles. The molecule has 0 aromatic heterocycles. The van der Waals surface area contributed by atoms with Gasteiger partial charge < -0.3 is 15.3 Å². The Kier molecular flexibility index (Phi) is 3.65. The Bertz CT molecular complexity index is 763. The lowest BCUT2D eigenvalue weighted by Crippen LogP contribution is -2.24. The first-order chi connectivity index (χ1) is 10.9. The number of rotatable bonds is 2. The molecule has 0 spiro atoms. The first-order valence-electron chi connectivity index (χ1n) is 7.13. The number of hydrogen-bond donors (Lipinski definition) is 3. The van der Waals surface area contributed by atoms with Gasteiger partial charge in [-0.25, -0.2) is 5.01 Å². The second-order valence-electron chi connectivity index (χ2n) is 5.46. The number of carbonyl (C=O) groups is 1. The van der Waals surface area contributed by atoms with Gasteiger partial charge in [-0.3, -0.25) is 4.79 Å². The topological polar surface area (TPSA) is 93.4 Å². The van der Waals surface area contributed by atoms with E-state index in [2.05, 4.69) is 5.10 Å². The minimum atomic E-state index is -0.285. The minimum absolute atomic E-state index is 0.0647. The molecule has 1 aliphatic heterocycles. The molecule has 3 N–H and O–H groups in total. The summed E-state index contributed by atoms with van der Waals surface area (Å²) in [5.41, 5.74) is 2.01. The van der Waals surface area contributed by atoms with Gasteiger partial charge in [0.1, 0.15) is 17.2 Å². The summed E-state index contributed by atoms with van der Waals surface area (Å²) in [4.78, 5) is 11.9. The Morgan fingerprint density at radius 2 is 1.65 bits per heavy atom. The predicted octanol–water partition coefficient (Wildman–Crippen LogP) is 2.50. The second-order valence-corrected chi connectivity index (χ2v) is 5.46. The number of phenols is 3. The molecule has 0 radical (unpaired) electrons. The molecule has 1 aliphatic rings.